The molecule has 1 atom stereocenters. The predicted molar refractivity (Wildman–Crippen MR) is 117 cm³/mol. The van der Waals surface area contributed by atoms with E-state index in [1.807, 2.05) is 60.7 Å². The van der Waals surface area contributed by atoms with E-state index in [-0.39, 0.29) is 17.9 Å². The quantitative estimate of drug-likeness (QED) is 0.491. The van der Waals surface area contributed by atoms with Crippen molar-refractivity contribution in [1.29, 1.82) is 0 Å². The van der Waals surface area contributed by atoms with Crippen LogP contribution in [0.4, 0.5) is 0 Å². The number of fused-ring (bicyclic) bond motifs is 1. The van der Waals surface area contributed by atoms with Crippen LogP contribution in [0.1, 0.15) is 60.7 Å². The van der Waals surface area contributed by atoms with E-state index in [2.05, 4.69) is 24.1 Å². The van der Waals surface area contributed by atoms with Crippen LogP contribution in [0, 0.1) is 5.92 Å². The third kappa shape index (κ3) is 3.49. The van der Waals surface area contributed by atoms with Crippen LogP contribution in [-0.4, -0.2) is 25.7 Å². The Hall–Kier alpha value is -3.41. The molecule has 0 aliphatic heterocycles. The van der Waals surface area contributed by atoms with Gasteiger partial charge < -0.3 is 10.3 Å². The molecule has 2 aromatic carbocycles. The van der Waals surface area contributed by atoms with Gasteiger partial charge in [0.25, 0.3) is 5.91 Å². The summed E-state index contributed by atoms with van der Waals surface area (Å²) < 4.78 is 1.76. The van der Waals surface area contributed by atoms with E-state index in [1.165, 1.54) is 0 Å². The molecule has 5 rings (SSSR count). The van der Waals surface area contributed by atoms with Crippen molar-refractivity contribution in [1.82, 2.24) is 25.1 Å². The van der Waals surface area contributed by atoms with Gasteiger partial charge in [-0.15, -0.1) is 0 Å². The summed E-state index contributed by atoms with van der Waals surface area (Å²) in [5.74, 6) is 1.27. The number of hydrogen-bond acceptors (Lipinski definition) is 3. The third-order valence-electron chi connectivity index (χ3n) is 5.61. The molecule has 30 heavy (non-hydrogen) atoms. The second kappa shape index (κ2) is 7.44. The molecule has 0 spiro atoms. The lowest BCUT2D eigenvalue weighted by molar-refractivity contribution is 0.0915. The van der Waals surface area contributed by atoms with Gasteiger partial charge in [-0.2, -0.15) is 5.10 Å². The molecular weight excluding hydrogens is 374 g/mol. The Morgan fingerprint density at radius 2 is 1.83 bits per heavy atom. The topological polar surface area (TPSA) is 75.6 Å². The highest BCUT2D eigenvalue weighted by Crippen LogP contribution is 2.39. The number of carbonyl (C=O) groups excluding carboxylic acids is 1. The van der Waals surface area contributed by atoms with Crippen LogP contribution in [0.5, 0.6) is 0 Å². The summed E-state index contributed by atoms with van der Waals surface area (Å²) in [6, 6.07) is 19.5. The first-order valence-electron chi connectivity index (χ1n) is 10.5. The lowest BCUT2D eigenvalue weighted by Crippen LogP contribution is -2.33. The van der Waals surface area contributed by atoms with Crippen LogP contribution in [0.25, 0.3) is 16.7 Å². The molecule has 0 radical (unpaired) electrons. The van der Waals surface area contributed by atoms with Gasteiger partial charge in [-0.05, 0) is 49.1 Å². The number of H-pyrrole nitrogens is 1. The molecule has 0 unspecified atom stereocenters. The fourth-order valence-electron chi connectivity index (χ4n) is 3.79. The normalized spacial score (nSPS) is 14.9. The Morgan fingerprint density at radius 1 is 1.10 bits per heavy atom. The summed E-state index contributed by atoms with van der Waals surface area (Å²) in [7, 11) is 0. The molecule has 152 valence electrons. The van der Waals surface area contributed by atoms with E-state index in [0.29, 0.717) is 11.6 Å². The number of nitrogens with zero attached hydrogens (tertiary/aromatic N) is 3. The molecule has 0 saturated heterocycles. The van der Waals surface area contributed by atoms with E-state index in [9.17, 15) is 4.79 Å². The van der Waals surface area contributed by atoms with Gasteiger partial charge in [0.05, 0.1) is 28.5 Å². The largest absolute Gasteiger partial charge is 0.340 e. The van der Waals surface area contributed by atoms with Gasteiger partial charge in [0.2, 0.25) is 0 Å². The fraction of sp³-hybridized carbons (Fsp3) is 0.292. The highest BCUT2D eigenvalue weighted by atomic mass is 16.2. The number of amides is 1. The Morgan fingerprint density at radius 3 is 2.53 bits per heavy atom. The summed E-state index contributed by atoms with van der Waals surface area (Å²) >= 11 is 0. The molecule has 2 heterocycles. The average Bonchev–Trinajstić information content (AvgIpc) is 3.36. The summed E-state index contributed by atoms with van der Waals surface area (Å²) in [6.07, 6.45) is 2.28. The zero-order chi connectivity index (χ0) is 20.7. The van der Waals surface area contributed by atoms with Crippen LogP contribution in [0.3, 0.4) is 0 Å². The number of hydrogen-bond donors (Lipinski definition) is 2. The van der Waals surface area contributed by atoms with E-state index in [4.69, 9.17) is 10.1 Å². The van der Waals surface area contributed by atoms with Crippen molar-refractivity contribution in [2.24, 2.45) is 5.92 Å². The molecule has 2 N–H and O–H groups in total. The standard InChI is InChI=1S/C24H25N5O/c1-15(2)22(23-25-18-10-6-7-11-19(18)26-23)27-24(30)21-14-20(16-12-13-16)28-29(21)17-8-4-3-5-9-17/h3-11,14-16,22H,12-13H2,1-2H3,(H,25,26)(H,27,30)/t22-/m1/s1. The summed E-state index contributed by atoms with van der Waals surface area (Å²) in [6.45, 7) is 4.17. The van der Waals surface area contributed by atoms with E-state index < -0.39 is 0 Å². The van der Waals surface area contributed by atoms with Crippen molar-refractivity contribution in [3.05, 3.63) is 77.9 Å². The lowest BCUT2D eigenvalue weighted by atomic mass is 10.0. The highest BCUT2D eigenvalue weighted by Gasteiger charge is 2.30. The van der Waals surface area contributed by atoms with Crippen LogP contribution in [0.15, 0.2) is 60.7 Å². The molecule has 0 bridgehead atoms. The van der Waals surface area contributed by atoms with Crippen LogP contribution in [0.2, 0.25) is 0 Å². The monoisotopic (exact) mass is 399 g/mol. The predicted octanol–water partition coefficient (Wildman–Crippen LogP) is 4.75. The molecular formula is C24H25N5O. The lowest BCUT2D eigenvalue weighted by Gasteiger charge is -2.20. The third-order valence-corrected chi connectivity index (χ3v) is 5.61. The zero-order valence-corrected chi connectivity index (χ0v) is 17.2. The first kappa shape index (κ1) is 18.6. The van der Waals surface area contributed by atoms with Gasteiger partial charge in [-0.3, -0.25) is 4.79 Å². The second-order valence-electron chi connectivity index (χ2n) is 8.31. The van der Waals surface area contributed by atoms with Crippen molar-refractivity contribution in [3.63, 3.8) is 0 Å². The summed E-state index contributed by atoms with van der Waals surface area (Å²) in [5.41, 5.74) is 4.31. The molecule has 1 aliphatic rings. The molecule has 1 saturated carbocycles. The number of aromatic amines is 1. The van der Waals surface area contributed by atoms with Crippen LogP contribution in [-0.2, 0) is 0 Å². The van der Waals surface area contributed by atoms with Crippen molar-refractivity contribution < 1.29 is 4.79 Å². The van der Waals surface area contributed by atoms with Crippen molar-refractivity contribution in [2.45, 2.75) is 38.6 Å². The van der Waals surface area contributed by atoms with Crippen molar-refractivity contribution in [3.8, 4) is 5.69 Å². The molecule has 1 amide bonds. The van der Waals surface area contributed by atoms with Gasteiger partial charge in [0.1, 0.15) is 11.5 Å². The minimum Gasteiger partial charge on any atom is -0.340 e. The van der Waals surface area contributed by atoms with Gasteiger partial charge in [-0.1, -0.05) is 44.2 Å². The number of rotatable bonds is 6. The molecule has 6 nitrogen and oxygen atoms in total. The number of para-hydroxylation sites is 3. The number of carbonyl (C=O) groups is 1. The van der Waals surface area contributed by atoms with Gasteiger partial charge in [-0.25, -0.2) is 9.67 Å². The van der Waals surface area contributed by atoms with E-state index >= 15 is 0 Å². The fourth-order valence-corrected chi connectivity index (χ4v) is 3.79. The van der Waals surface area contributed by atoms with Gasteiger partial charge >= 0.3 is 0 Å². The van der Waals surface area contributed by atoms with Crippen molar-refractivity contribution >= 4 is 16.9 Å². The molecule has 6 heteroatoms. The average molecular weight is 399 g/mol. The first-order chi connectivity index (χ1) is 14.6. The van der Waals surface area contributed by atoms with Crippen LogP contribution >= 0.6 is 0 Å². The Labute approximate surface area is 175 Å². The second-order valence-corrected chi connectivity index (χ2v) is 8.31. The van der Waals surface area contributed by atoms with Gasteiger partial charge in [0.15, 0.2) is 0 Å². The maximum absolute atomic E-state index is 13.4. The molecule has 1 aliphatic carbocycles. The van der Waals surface area contributed by atoms with E-state index in [0.717, 1.165) is 41.1 Å². The molecule has 2 aromatic heterocycles. The number of aromatic nitrogens is 4. The molecule has 1 fully saturated rings. The maximum Gasteiger partial charge on any atom is 0.270 e. The Bertz CT molecular complexity index is 1150. The number of benzene rings is 2. The SMILES string of the molecule is CC(C)[C@@H](NC(=O)c1cc(C2CC2)nn1-c1ccccc1)c1nc2ccccc2[nH]1. The maximum atomic E-state index is 13.4. The molecule has 4 aromatic rings. The number of imidazole rings is 1. The van der Waals surface area contributed by atoms with Crippen LogP contribution < -0.4 is 5.32 Å². The Balaban J connectivity index is 1.48. The minimum atomic E-state index is -0.228. The first-order valence-corrected chi connectivity index (χ1v) is 10.5. The summed E-state index contributed by atoms with van der Waals surface area (Å²) in [5, 5.41) is 7.95. The minimum absolute atomic E-state index is 0.141. The summed E-state index contributed by atoms with van der Waals surface area (Å²) in [4.78, 5) is 21.5. The van der Waals surface area contributed by atoms with Crippen molar-refractivity contribution in [2.75, 3.05) is 0 Å². The highest BCUT2D eigenvalue weighted by molar-refractivity contribution is 5.93. The Kier molecular flexibility index (Phi) is 4.62. The zero-order valence-electron chi connectivity index (χ0n) is 17.2. The number of nitrogens with one attached hydrogen (secondary N) is 2. The van der Waals surface area contributed by atoms with Gasteiger partial charge in [0, 0.05) is 5.92 Å². The smallest absolute Gasteiger partial charge is 0.270 e. The van der Waals surface area contributed by atoms with E-state index in [1.54, 1.807) is 4.68 Å².